The molecule has 2 aliphatic heterocycles. The first-order chi connectivity index (χ1) is 16.3. The first-order valence-corrected chi connectivity index (χ1v) is 12.5. The molecule has 5 heterocycles. The molecule has 8 bridgehead atoms. The summed E-state index contributed by atoms with van der Waals surface area (Å²) >= 11 is 0. The number of fused-ring (bicyclic) bond motifs is 8. The summed E-state index contributed by atoms with van der Waals surface area (Å²) in [5.74, 6) is 0. The van der Waals surface area contributed by atoms with Gasteiger partial charge < -0.3 is 9.97 Å². The lowest BCUT2D eigenvalue weighted by atomic mass is 10.0. The molecule has 4 nitrogen and oxygen atoms in total. The molecule has 174 valence electrons. The highest BCUT2D eigenvalue weighted by Gasteiger charge is 2.19. The molecule has 0 radical (unpaired) electrons. The molecular weight excluding hydrogens is 416 g/mol. The Morgan fingerprint density at radius 1 is 0.588 bits per heavy atom. The quantitative estimate of drug-likeness (QED) is 0.423. The van der Waals surface area contributed by atoms with Gasteiger partial charge in [0.15, 0.2) is 0 Å². The fraction of sp³-hybridized carbons (Fsp3) is 0.333. The Labute approximate surface area is 201 Å². The number of hydrogen-bond donors (Lipinski definition) is 2. The number of aromatic amines is 2. The molecule has 2 aliphatic rings. The highest BCUT2D eigenvalue weighted by atomic mass is 14.8. The third-order valence-corrected chi connectivity index (χ3v) is 7.50. The van der Waals surface area contributed by atoms with Gasteiger partial charge in [-0.3, -0.25) is 0 Å². The van der Waals surface area contributed by atoms with E-state index in [1.54, 1.807) is 0 Å². The summed E-state index contributed by atoms with van der Waals surface area (Å²) in [6.07, 6.45) is 2.88. The second-order valence-corrected chi connectivity index (χ2v) is 9.49. The van der Waals surface area contributed by atoms with E-state index in [2.05, 4.69) is 88.8 Å². The first-order valence-electron chi connectivity index (χ1n) is 12.5. The average Bonchev–Trinajstić information content (AvgIpc) is 3.48. The van der Waals surface area contributed by atoms with Crippen LogP contribution in [0.3, 0.4) is 0 Å². The lowest BCUT2D eigenvalue weighted by molar-refractivity contribution is 1.14. The van der Waals surface area contributed by atoms with Gasteiger partial charge in [-0.15, -0.1) is 0 Å². The molecule has 0 saturated carbocycles. The van der Waals surface area contributed by atoms with Gasteiger partial charge in [0.2, 0.25) is 0 Å². The fourth-order valence-electron chi connectivity index (χ4n) is 5.46. The molecule has 0 saturated heterocycles. The molecule has 0 aromatic carbocycles. The smallest absolute Gasteiger partial charge is 0.0693 e. The maximum Gasteiger partial charge on any atom is 0.0693 e. The van der Waals surface area contributed by atoms with Gasteiger partial charge in [0.05, 0.1) is 22.8 Å². The van der Waals surface area contributed by atoms with Gasteiger partial charge in [-0.1, -0.05) is 20.8 Å². The Hall–Kier alpha value is -3.40. The lowest BCUT2D eigenvalue weighted by Crippen LogP contribution is -1.82. The minimum Gasteiger partial charge on any atom is -0.355 e. The highest BCUT2D eigenvalue weighted by molar-refractivity contribution is 5.95. The van der Waals surface area contributed by atoms with Crippen molar-refractivity contribution in [3.05, 3.63) is 69.8 Å². The highest BCUT2D eigenvalue weighted by Crippen LogP contribution is 2.36. The lowest BCUT2D eigenvalue weighted by Gasteiger charge is -2.00. The third kappa shape index (κ3) is 3.53. The van der Waals surface area contributed by atoms with E-state index in [-0.39, 0.29) is 0 Å². The second-order valence-electron chi connectivity index (χ2n) is 9.49. The maximum atomic E-state index is 5.10. The van der Waals surface area contributed by atoms with Crippen LogP contribution in [0.2, 0.25) is 0 Å². The largest absolute Gasteiger partial charge is 0.355 e. The average molecular weight is 451 g/mol. The Morgan fingerprint density at radius 2 is 1.21 bits per heavy atom. The van der Waals surface area contributed by atoms with Crippen molar-refractivity contribution in [1.82, 2.24) is 19.9 Å². The van der Waals surface area contributed by atoms with Crippen LogP contribution in [-0.2, 0) is 6.42 Å². The fourth-order valence-corrected chi connectivity index (χ4v) is 5.46. The summed E-state index contributed by atoms with van der Waals surface area (Å²) in [5, 5.41) is 0. The molecule has 0 atom stereocenters. The van der Waals surface area contributed by atoms with Crippen LogP contribution >= 0.6 is 0 Å². The molecule has 0 fully saturated rings. The normalized spacial score (nSPS) is 13.9. The van der Waals surface area contributed by atoms with E-state index in [0.717, 1.165) is 58.6 Å². The summed E-state index contributed by atoms with van der Waals surface area (Å²) in [7, 11) is 0. The van der Waals surface area contributed by atoms with Gasteiger partial charge >= 0.3 is 0 Å². The van der Waals surface area contributed by atoms with Crippen LogP contribution in [0, 0.1) is 13.8 Å². The SMILES string of the molecule is CCC1=C(C)c2cc3nc(cc4[nH]c(cc5[nH]c(cc1n2)cc5C)c(CC)c4C)C(CC)=C3C. The van der Waals surface area contributed by atoms with E-state index >= 15 is 0 Å². The Kier molecular flexibility index (Phi) is 5.55. The van der Waals surface area contributed by atoms with Crippen molar-refractivity contribution in [2.24, 2.45) is 0 Å². The van der Waals surface area contributed by atoms with Gasteiger partial charge in [-0.2, -0.15) is 0 Å². The van der Waals surface area contributed by atoms with E-state index in [1.165, 1.54) is 44.5 Å². The van der Waals surface area contributed by atoms with Crippen molar-refractivity contribution >= 4 is 44.4 Å². The Morgan fingerprint density at radius 3 is 1.79 bits per heavy atom. The van der Waals surface area contributed by atoms with Gasteiger partial charge in [0, 0.05) is 22.1 Å². The summed E-state index contributed by atoms with van der Waals surface area (Å²) in [5.41, 5.74) is 17.7. The molecule has 3 aromatic heterocycles. The van der Waals surface area contributed by atoms with Crippen LogP contribution in [0.25, 0.3) is 44.4 Å². The second kappa shape index (κ2) is 8.43. The third-order valence-electron chi connectivity index (χ3n) is 7.50. The number of nitrogens with one attached hydrogen (secondary N) is 2. The molecule has 0 aliphatic carbocycles. The van der Waals surface area contributed by atoms with Crippen LogP contribution in [0.5, 0.6) is 0 Å². The molecule has 5 rings (SSSR count). The van der Waals surface area contributed by atoms with Gasteiger partial charge in [-0.25, -0.2) is 9.97 Å². The number of rotatable bonds is 3. The molecule has 0 spiro atoms. The van der Waals surface area contributed by atoms with E-state index in [4.69, 9.17) is 9.97 Å². The van der Waals surface area contributed by atoms with E-state index in [9.17, 15) is 0 Å². The van der Waals surface area contributed by atoms with E-state index in [1.807, 2.05) is 0 Å². The maximum absolute atomic E-state index is 5.10. The minimum absolute atomic E-state index is 0.952. The predicted molar refractivity (Wildman–Crippen MR) is 145 cm³/mol. The zero-order valence-electron chi connectivity index (χ0n) is 21.4. The van der Waals surface area contributed by atoms with Crippen molar-refractivity contribution in [2.45, 2.75) is 67.7 Å². The molecule has 0 unspecified atom stereocenters. The summed E-state index contributed by atoms with van der Waals surface area (Å²) in [6, 6.07) is 11.1. The summed E-state index contributed by atoms with van der Waals surface area (Å²) in [6.45, 7) is 15.4. The molecule has 3 aromatic rings. The van der Waals surface area contributed by atoms with Crippen molar-refractivity contribution in [3.63, 3.8) is 0 Å². The number of hydrogen-bond acceptors (Lipinski definition) is 2. The van der Waals surface area contributed by atoms with Crippen molar-refractivity contribution in [1.29, 1.82) is 0 Å². The number of aromatic nitrogens is 4. The minimum atomic E-state index is 0.952. The topological polar surface area (TPSA) is 57.4 Å². The monoisotopic (exact) mass is 450 g/mol. The number of allylic oxidation sites excluding steroid dienone is 4. The van der Waals surface area contributed by atoms with Crippen molar-refractivity contribution in [2.75, 3.05) is 0 Å². The van der Waals surface area contributed by atoms with Crippen LogP contribution in [-0.4, -0.2) is 19.9 Å². The van der Waals surface area contributed by atoms with Crippen LogP contribution in [0.1, 0.15) is 86.9 Å². The Bertz CT molecular complexity index is 1540. The number of aryl methyl sites for hydroxylation is 3. The summed E-state index contributed by atoms with van der Waals surface area (Å²) in [4.78, 5) is 17.5. The molecule has 2 N–H and O–H groups in total. The standard InChI is InChI=1S/C30H34N4/c1-8-21-17(5)25-14-26-18(6)23(10-3)30(33-26)15-27-19(7)22(9-2)29(34-27)13-24-16(4)11-20(31-24)12-28(21)32-25/h11-15,31,34H,8-10H2,1-7H3. The van der Waals surface area contributed by atoms with E-state index in [0.29, 0.717) is 0 Å². The number of nitrogens with zero attached hydrogens (tertiary/aromatic N) is 2. The molecular formula is C30H34N4. The number of H-pyrrole nitrogens is 2. The summed E-state index contributed by atoms with van der Waals surface area (Å²) < 4.78 is 0. The van der Waals surface area contributed by atoms with Crippen LogP contribution in [0.15, 0.2) is 30.3 Å². The van der Waals surface area contributed by atoms with Gasteiger partial charge in [-0.05, 0) is 116 Å². The predicted octanol–water partition coefficient (Wildman–Crippen LogP) is 8.18. The van der Waals surface area contributed by atoms with Crippen LogP contribution < -0.4 is 0 Å². The zero-order chi connectivity index (χ0) is 24.1. The first kappa shape index (κ1) is 22.4. The molecule has 34 heavy (non-hydrogen) atoms. The van der Waals surface area contributed by atoms with Crippen molar-refractivity contribution < 1.29 is 0 Å². The van der Waals surface area contributed by atoms with Gasteiger partial charge in [0.1, 0.15) is 0 Å². The van der Waals surface area contributed by atoms with E-state index < -0.39 is 0 Å². The van der Waals surface area contributed by atoms with Crippen LogP contribution in [0.4, 0.5) is 0 Å². The molecule has 0 amide bonds. The Balaban J connectivity index is 1.96. The van der Waals surface area contributed by atoms with Gasteiger partial charge in [0.25, 0.3) is 0 Å². The van der Waals surface area contributed by atoms with Crippen molar-refractivity contribution in [3.8, 4) is 0 Å². The zero-order valence-corrected chi connectivity index (χ0v) is 21.4. The molecule has 4 heteroatoms.